The van der Waals surface area contributed by atoms with Crippen LogP contribution in [0.4, 0.5) is 5.69 Å². The van der Waals surface area contributed by atoms with E-state index in [1.165, 1.54) is 10.4 Å². The third kappa shape index (κ3) is 4.28. The first-order valence-corrected chi connectivity index (χ1v) is 11.0. The molecule has 1 aromatic rings. The molecule has 1 aromatic carbocycles. The van der Waals surface area contributed by atoms with Crippen LogP contribution in [0.25, 0.3) is 0 Å². The molecule has 0 aromatic heterocycles. The lowest BCUT2D eigenvalue weighted by molar-refractivity contribution is -0.146. The van der Waals surface area contributed by atoms with Crippen molar-refractivity contribution in [2.45, 2.75) is 43.9 Å². The predicted octanol–water partition coefficient (Wildman–Crippen LogP) is 2.78. The second kappa shape index (κ2) is 8.45. The van der Waals surface area contributed by atoms with Crippen LogP contribution in [0, 0.1) is 18.8 Å². The molecule has 3 rings (SSSR count). The lowest BCUT2D eigenvalue weighted by Gasteiger charge is -2.27. The lowest BCUT2D eigenvalue weighted by atomic mass is 9.82. The molecule has 1 aliphatic carbocycles. The Kier molecular flexibility index (Phi) is 6.20. The molecule has 1 amide bonds. The average molecular weight is 407 g/mol. The molecule has 2 unspecified atom stereocenters. The summed E-state index contributed by atoms with van der Waals surface area (Å²) in [6.45, 7) is 2.74. The highest BCUT2D eigenvalue weighted by molar-refractivity contribution is 7.89. The van der Waals surface area contributed by atoms with Gasteiger partial charge in [-0.3, -0.25) is 9.59 Å². The standard InChI is InChI=1S/C20H26N2O5S/c1-14-9-10-15(13-18(14)28(26,27)22-11-5-2-6-12-22)21-19(23)16-7-3-4-8-17(16)20(24)25/h3-4,9-10,13,16-17H,2,5-8,11-12H2,1H3,(H,21,23)(H,24,25). The van der Waals surface area contributed by atoms with E-state index in [-0.39, 0.29) is 4.90 Å². The van der Waals surface area contributed by atoms with Gasteiger partial charge in [0.05, 0.1) is 16.7 Å². The summed E-state index contributed by atoms with van der Waals surface area (Å²) in [5.41, 5.74) is 0.984. The second-order valence-electron chi connectivity index (χ2n) is 7.43. The fraction of sp³-hybridized carbons (Fsp3) is 0.500. The van der Waals surface area contributed by atoms with Crippen molar-refractivity contribution in [1.82, 2.24) is 4.31 Å². The normalized spacial score (nSPS) is 23.3. The number of rotatable bonds is 5. The van der Waals surface area contributed by atoms with Crippen molar-refractivity contribution >= 4 is 27.6 Å². The minimum atomic E-state index is -3.62. The number of nitrogens with zero attached hydrogens (tertiary/aromatic N) is 1. The Balaban J connectivity index is 1.82. The minimum absolute atomic E-state index is 0.186. The number of hydrogen-bond donors (Lipinski definition) is 2. The number of carbonyl (C=O) groups is 2. The van der Waals surface area contributed by atoms with Gasteiger partial charge in [-0.25, -0.2) is 8.42 Å². The molecular formula is C20H26N2O5S. The molecule has 7 nitrogen and oxygen atoms in total. The summed E-state index contributed by atoms with van der Waals surface area (Å²) >= 11 is 0. The van der Waals surface area contributed by atoms with Gasteiger partial charge in [-0.15, -0.1) is 0 Å². The van der Waals surface area contributed by atoms with Crippen molar-refractivity contribution in [1.29, 1.82) is 0 Å². The highest BCUT2D eigenvalue weighted by Crippen LogP contribution is 2.29. The maximum Gasteiger partial charge on any atom is 0.307 e. The fourth-order valence-electron chi connectivity index (χ4n) is 3.81. The molecule has 2 N–H and O–H groups in total. The molecule has 1 fully saturated rings. The number of carboxylic acids is 1. The van der Waals surface area contributed by atoms with Crippen molar-refractivity contribution in [3.05, 3.63) is 35.9 Å². The van der Waals surface area contributed by atoms with Crippen molar-refractivity contribution < 1.29 is 23.1 Å². The van der Waals surface area contributed by atoms with Crippen LogP contribution in [0.2, 0.25) is 0 Å². The Morgan fingerprint density at radius 3 is 2.36 bits per heavy atom. The molecule has 2 atom stereocenters. The van der Waals surface area contributed by atoms with Crippen molar-refractivity contribution in [2.24, 2.45) is 11.8 Å². The topological polar surface area (TPSA) is 104 Å². The maximum absolute atomic E-state index is 13.0. The summed E-state index contributed by atoms with van der Waals surface area (Å²) in [5, 5.41) is 12.1. The summed E-state index contributed by atoms with van der Waals surface area (Å²) < 4.78 is 27.5. The van der Waals surface area contributed by atoms with Gasteiger partial charge in [0, 0.05) is 18.8 Å². The number of aliphatic carboxylic acids is 1. The molecule has 28 heavy (non-hydrogen) atoms. The number of sulfonamides is 1. The average Bonchev–Trinajstić information content (AvgIpc) is 2.70. The van der Waals surface area contributed by atoms with E-state index >= 15 is 0 Å². The molecule has 0 bridgehead atoms. The van der Waals surface area contributed by atoms with E-state index in [0.717, 1.165) is 19.3 Å². The van der Waals surface area contributed by atoms with E-state index < -0.39 is 33.7 Å². The predicted molar refractivity (Wildman–Crippen MR) is 105 cm³/mol. The third-order valence-corrected chi connectivity index (χ3v) is 7.52. The quantitative estimate of drug-likeness (QED) is 0.732. The number of allylic oxidation sites excluding steroid dienone is 2. The summed E-state index contributed by atoms with van der Waals surface area (Å²) in [5.74, 6) is -2.85. The van der Waals surface area contributed by atoms with Gasteiger partial charge in [-0.2, -0.15) is 4.31 Å². The SMILES string of the molecule is Cc1ccc(NC(=O)C2CC=CCC2C(=O)O)cc1S(=O)(=O)N1CCCCC1. The largest absolute Gasteiger partial charge is 0.481 e. The van der Waals surface area contributed by atoms with E-state index in [2.05, 4.69) is 5.32 Å². The summed E-state index contributed by atoms with van der Waals surface area (Å²) in [7, 11) is -3.62. The fourth-order valence-corrected chi connectivity index (χ4v) is 5.58. The van der Waals surface area contributed by atoms with Crippen molar-refractivity contribution in [2.75, 3.05) is 18.4 Å². The molecule has 152 valence electrons. The molecule has 0 radical (unpaired) electrons. The first-order valence-electron chi connectivity index (χ1n) is 9.60. The number of carbonyl (C=O) groups excluding carboxylic acids is 1. The summed E-state index contributed by atoms with van der Waals surface area (Å²) in [6.07, 6.45) is 6.98. The van der Waals surface area contributed by atoms with E-state index in [1.807, 2.05) is 6.08 Å². The number of amides is 1. The molecule has 2 aliphatic rings. The van der Waals surface area contributed by atoms with Crippen molar-refractivity contribution in [3.63, 3.8) is 0 Å². The summed E-state index contributed by atoms with van der Waals surface area (Å²) in [4.78, 5) is 24.3. The smallest absolute Gasteiger partial charge is 0.307 e. The van der Waals surface area contributed by atoms with E-state index in [4.69, 9.17) is 0 Å². The molecule has 0 spiro atoms. The highest BCUT2D eigenvalue weighted by Gasteiger charge is 2.34. The van der Waals surface area contributed by atoms with Crippen LogP contribution in [0.3, 0.4) is 0 Å². The van der Waals surface area contributed by atoms with Gasteiger partial charge in [0.2, 0.25) is 15.9 Å². The number of hydrogen-bond acceptors (Lipinski definition) is 4. The third-order valence-electron chi connectivity index (χ3n) is 5.47. The van der Waals surface area contributed by atoms with Crippen LogP contribution in [-0.2, 0) is 19.6 Å². The molecule has 1 heterocycles. The van der Waals surface area contributed by atoms with Gasteiger partial charge < -0.3 is 10.4 Å². The number of anilines is 1. The zero-order chi connectivity index (χ0) is 20.3. The molecule has 1 aliphatic heterocycles. The van der Waals surface area contributed by atoms with E-state index in [9.17, 15) is 23.1 Å². The van der Waals surface area contributed by atoms with Crippen LogP contribution in [-0.4, -0.2) is 42.8 Å². The van der Waals surface area contributed by atoms with E-state index in [1.54, 1.807) is 25.1 Å². The number of carboxylic acid groups (broad SMARTS) is 1. The Morgan fingerprint density at radius 2 is 1.71 bits per heavy atom. The number of nitrogens with one attached hydrogen (secondary N) is 1. The maximum atomic E-state index is 13.0. The van der Waals surface area contributed by atoms with Crippen molar-refractivity contribution in [3.8, 4) is 0 Å². The van der Waals surface area contributed by atoms with Gasteiger partial charge in [-0.1, -0.05) is 24.6 Å². The van der Waals surface area contributed by atoms with Gasteiger partial charge >= 0.3 is 5.97 Å². The Hall–Kier alpha value is -2.19. The zero-order valence-corrected chi connectivity index (χ0v) is 16.7. The zero-order valence-electron chi connectivity index (χ0n) is 15.9. The van der Waals surface area contributed by atoms with Crippen LogP contribution < -0.4 is 5.32 Å². The molecule has 0 saturated carbocycles. The van der Waals surface area contributed by atoms with Gasteiger partial charge in [0.25, 0.3) is 0 Å². The molecule has 1 saturated heterocycles. The first-order chi connectivity index (χ1) is 13.3. The van der Waals surface area contributed by atoms with Gasteiger partial charge in [-0.05, 0) is 50.3 Å². The second-order valence-corrected chi connectivity index (χ2v) is 9.33. The van der Waals surface area contributed by atoms with E-state index in [0.29, 0.717) is 37.2 Å². The van der Waals surface area contributed by atoms with Crippen LogP contribution in [0.15, 0.2) is 35.2 Å². The monoisotopic (exact) mass is 406 g/mol. The minimum Gasteiger partial charge on any atom is -0.481 e. The Bertz CT molecular complexity index is 888. The van der Waals surface area contributed by atoms with Crippen LogP contribution >= 0.6 is 0 Å². The molecular weight excluding hydrogens is 380 g/mol. The first kappa shape index (κ1) is 20.5. The Labute approximate surface area is 165 Å². The molecule has 8 heteroatoms. The van der Waals surface area contributed by atoms with Crippen LogP contribution in [0.1, 0.15) is 37.7 Å². The summed E-state index contributed by atoms with van der Waals surface area (Å²) in [6, 6.07) is 4.80. The highest BCUT2D eigenvalue weighted by atomic mass is 32.2. The van der Waals surface area contributed by atoms with Gasteiger partial charge in [0.1, 0.15) is 0 Å². The number of benzene rings is 1. The number of aryl methyl sites for hydroxylation is 1. The lowest BCUT2D eigenvalue weighted by Crippen LogP contribution is -2.36. The number of piperidine rings is 1. The Morgan fingerprint density at radius 1 is 1.07 bits per heavy atom. The van der Waals surface area contributed by atoms with Crippen LogP contribution in [0.5, 0.6) is 0 Å². The van der Waals surface area contributed by atoms with Gasteiger partial charge in [0.15, 0.2) is 0 Å².